The topological polar surface area (TPSA) is 93.9 Å². The van der Waals surface area contributed by atoms with E-state index < -0.39 is 0 Å². The number of aromatic nitrogens is 3. The zero-order valence-corrected chi connectivity index (χ0v) is 16.5. The van der Waals surface area contributed by atoms with Crippen molar-refractivity contribution in [1.82, 2.24) is 19.9 Å². The molecule has 5 rings (SSSR count). The van der Waals surface area contributed by atoms with Gasteiger partial charge < -0.3 is 20.2 Å². The number of amides is 2. The van der Waals surface area contributed by atoms with Crippen LogP contribution >= 0.6 is 0 Å². The number of nitrogens with zero attached hydrogens (tertiary/aromatic N) is 2. The molecule has 150 valence electrons. The standard InChI is InChI=1S/C23H21N5O2/c1-14-5-4-7-16(11-14)24-23(30)28-10-9-19-20(13-28)26-21(25-19)17-12-15-6-2-3-8-18(15)27-22(17)29/h2-8,11-12H,9-10,13H2,1H3,(H,24,30)(H,25,26)(H,27,29). The van der Waals surface area contributed by atoms with Gasteiger partial charge in [0.2, 0.25) is 0 Å². The van der Waals surface area contributed by atoms with Crippen LogP contribution in [0.1, 0.15) is 17.0 Å². The van der Waals surface area contributed by atoms with E-state index in [-0.39, 0.29) is 11.6 Å². The molecule has 2 amide bonds. The zero-order chi connectivity index (χ0) is 20.7. The minimum Gasteiger partial charge on any atom is -0.340 e. The van der Waals surface area contributed by atoms with Crippen LogP contribution in [0.4, 0.5) is 10.5 Å². The van der Waals surface area contributed by atoms with Crippen LogP contribution in [0.15, 0.2) is 59.4 Å². The number of aromatic amines is 2. The monoisotopic (exact) mass is 399 g/mol. The summed E-state index contributed by atoms with van der Waals surface area (Å²) in [5.74, 6) is 0.535. The average molecular weight is 399 g/mol. The number of aryl methyl sites for hydroxylation is 1. The summed E-state index contributed by atoms with van der Waals surface area (Å²) in [6, 6.07) is 17.1. The van der Waals surface area contributed by atoms with E-state index >= 15 is 0 Å². The number of fused-ring (bicyclic) bond motifs is 2. The maximum absolute atomic E-state index is 12.7. The summed E-state index contributed by atoms with van der Waals surface area (Å²) < 4.78 is 0. The van der Waals surface area contributed by atoms with Gasteiger partial charge in [0.15, 0.2) is 0 Å². The molecule has 0 radical (unpaired) electrons. The molecule has 0 atom stereocenters. The Morgan fingerprint density at radius 2 is 1.97 bits per heavy atom. The van der Waals surface area contributed by atoms with E-state index in [9.17, 15) is 9.59 Å². The molecule has 0 spiro atoms. The highest BCUT2D eigenvalue weighted by Gasteiger charge is 2.24. The van der Waals surface area contributed by atoms with Crippen molar-refractivity contribution in [2.24, 2.45) is 0 Å². The maximum atomic E-state index is 12.7. The number of urea groups is 1. The molecular formula is C23H21N5O2. The molecule has 0 unspecified atom stereocenters. The lowest BCUT2D eigenvalue weighted by Gasteiger charge is -2.26. The Bertz CT molecular complexity index is 1320. The van der Waals surface area contributed by atoms with Gasteiger partial charge in [-0.25, -0.2) is 9.78 Å². The first-order chi connectivity index (χ1) is 14.6. The predicted octanol–water partition coefficient (Wildman–Crippen LogP) is 3.82. The molecule has 0 saturated heterocycles. The Labute approximate surface area is 172 Å². The van der Waals surface area contributed by atoms with Crippen molar-refractivity contribution in [3.05, 3.63) is 81.9 Å². The number of H-pyrrole nitrogens is 2. The number of imidazole rings is 1. The third-order valence-electron chi connectivity index (χ3n) is 5.40. The van der Waals surface area contributed by atoms with Crippen LogP contribution in [0.5, 0.6) is 0 Å². The molecule has 3 N–H and O–H groups in total. The Kier molecular flexibility index (Phi) is 4.35. The van der Waals surface area contributed by atoms with Crippen molar-refractivity contribution >= 4 is 22.6 Å². The number of benzene rings is 2. The van der Waals surface area contributed by atoms with Crippen molar-refractivity contribution in [3.63, 3.8) is 0 Å². The molecule has 4 aromatic rings. The molecule has 0 bridgehead atoms. The highest BCUT2D eigenvalue weighted by atomic mass is 16.2. The van der Waals surface area contributed by atoms with Gasteiger partial charge in [-0.1, -0.05) is 30.3 Å². The Morgan fingerprint density at radius 3 is 2.83 bits per heavy atom. The zero-order valence-electron chi connectivity index (χ0n) is 16.5. The van der Waals surface area contributed by atoms with Crippen molar-refractivity contribution in [1.29, 1.82) is 0 Å². The number of anilines is 1. The fourth-order valence-corrected chi connectivity index (χ4v) is 3.84. The number of hydrogen-bond acceptors (Lipinski definition) is 3. The molecule has 7 nitrogen and oxygen atoms in total. The lowest BCUT2D eigenvalue weighted by Crippen LogP contribution is -2.38. The highest BCUT2D eigenvalue weighted by molar-refractivity contribution is 5.89. The molecule has 7 heteroatoms. The van der Waals surface area contributed by atoms with E-state index in [2.05, 4.69) is 20.3 Å². The van der Waals surface area contributed by atoms with Crippen LogP contribution in [0.2, 0.25) is 0 Å². The van der Waals surface area contributed by atoms with Crippen LogP contribution in [0, 0.1) is 6.92 Å². The molecule has 30 heavy (non-hydrogen) atoms. The predicted molar refractivity (Wildman–Crippen MR) is 116 cm³/mol. The minimum atomic E-state index is -0.186. The SMILES string of the molecule is Cc1cccc(NC(=O)N2CCc3nc(-c4cc5ccccc5[nH]c4=O)[nH]c3C2)c1. The second-order valence-electron chi connectivity index (χ2n) is 7.58. The first-order valence-electron chi connectivity index (χ1n) is 9.89. The third kappa shape index (κ3) is 3.34. The van der Waals surface area contributed by atoms with Gasteiger partial charge in [0.1, 0.15) is 5.82 Å². The molecule has 3 heterocycles. The molecule has 0 saturated carbocycles. The van der Waals surface area contributed by atoms with Gasteiger partial charge >= 0.3 is 6.03 Å². The normalized spacial score (nSPS) is 13.3. The van der Waals surface area contributed by atoms with Crippen LogP contribution in [-0.2, 0) is 13.0 Å². The quantitative estimate of drug-likeness (QED) is 0.478. The summed E-state index contributed by atoms with van der Waals surface area (Å²) in [4.78, 5) is 37.8. The molecule has 0 fully saturated rings. The van der Waals surface area contributed by atoms with E-state index in [0.717, 1.165) is 33.5 Å². The second-order valence-corrected chi connectivity index (χ2v) is 7.58. The van der Waals surface area contributed by atoms with Gasteiger partial charge in [-0.2, -0.15) is 0 Å². The lowest BCUT2D eigenvalue weighted by molar-refractivity contribution is 0.205. The van der Waals surface area contributed by atoms with Crippen LogP contribution in [0.25, 0.3) is 22.3 Å². The number of rotatable bonds is 2. The van der Waals surface area contributed by atoms with Crippen LogP contribution in [-0.4, -0.2) is 32.4 Å². The fraction of sp³-hybridized carbons (Fsp3) is 0.174. The molecule has 2 aromatic heterocycles. The number of pyridine rings is 1. The van der Waals surface area contributed by atoms with E-state index in [1.54, 1.807) is 4.90 Å². The van der Waals surface area contributed by atoms with Gasteiger partial charge in [-0.3, -0.25) is 4.79 Å². The summed E-state index contributed by atoms with van der Waals surface area (Å²) in [7, 11) is 0. The average Bonchev–Trinajstić information content (AvgIpc) is 3.16. The van der Waals surface area contributed by atoms with Gasteiger partial charge in [-0.15, -0.1) is 0 Å². The van der Waals surface area contributed by atoms with E-state index in [0.29, 0.717) is 30.9 Å². The van der Waals surface area contributed by atoms with Gasteiger partial charge in [0.05, 0.1) is 23.5 Å². The van der Waals surface area contributed by atoms with Crippen molar-refractivity contribution in [2.75, 3.05) is 11.9 Å². The fourth-order valence-electron chi connectivity index (χ4n) is 3.84. The van der Waals surface area contributed by atoms with Crippen molar-refractivity contribution in [2.45, 2.75) is 19.9 Å². The molecule has 2 aromatic carbocycles. The summed E-state index contributed by atoms with van der Waals surface area (Å²) in [5, 5.41) is 3.89. The van der Waals surface area contributed by atoms with E-state index in [4.69, 9.17) is 0 Å². The Hall–Kier alpha value is -3.87. The Balaban J connectivity index is 1.39. The first-order valence-corrected chi connectivity index (χ1v) is 9.89. The number of carbonyl (C=O) groups is 1. The van der Waals surface area contributed by atoms with Crippen LogP contribution < -0.4 is 10.9 Å². The van der Waals surface area contributed by atoms with Gasteiger partial charge in [0, 0.05) is 24.2 Å². The number of carbonyl (C=O) groups excluding carboxylic acids is 1. The molecular weight excluding hydrogens is 378 g/mol. The molecule has 0 aliphatic carbocycles. The summed E-state index contributed by atoms with van der Waals surface area (Å²) in [6.45, 7) is 2.98. The van der Waals surface area contributed by atoms with Gasteiger partial charge in [0.25, 0.3) is 5.56 Å². The number of hydrogen-bond donors (Lipinski definition) is 3. The third-order valence-corrected chi connectivity index (χ3v) is 5.40. The van der Waals surface area contributed by atoms with Crippen LogP contribution in [0.3, 0.4) is 0 Å². The minimum absolute atomic E-state index is 0.147. The first kappa shape index (κ1) is 18.2. The summed E-state index contributed by atoms with van der Waals surface area (Å²) in [5.41, 5.74) is 4.74. The van der Waals surface area contributed by atoms with Gasteiger partial charge in [-0.05, 0) is 42.1 Å². The van der Waals surface area contributed by atoms with E-state index in [1.165, 1.54) is 0 Å². The van der Waals surface area contributed by atoms with E-state index in [1.807, 2.05) is 61.5 Å². The smallest absolute Gasteiger partial charge is 0.322 e. The maximum Gasteiger partial charge on any atom is 0.322 e. The Morgan fingerprint density at radius 1 is 1.10 bits per heavy atom. The second kappa shape index (κ2) is 7.18. The summed E-state index contributed by atoms with van der Waals surface area (Å²) >= 11 is 0. The van der Waals surface area contributed by atoms with Crippen molar-refractivity contribution in [3.8, 4) is 11.4 Å². The molecule has 1 aliphatic rings. The lowest BCUT2D eigenvalue weighted by atomic mass is 10.1. The number of nitrogens with one attached hydrogen (secondary N) is 3. The number of para-hydroxylation sites is 1. The van der Waals surface area contributed by atoms with Crippen molar-refractivity contribution < 1.29 is 4.79 Å². The highest BCUT2D eigenvalue weighted by Crippen LogP contribution is 2.23. The summed E-state index contributed by atoms with van der Waals surface area (Å²) in [6.07, 6.45) is 0.637. The largest absolute Gasteiger partial charge is 0.340 e. The molecule has 1 aliphatic heterocycles.